The molecule has 1 N–H and O–H groups in total. The Kier molecular flexibility index (Phi) is 8.36. The summed E-state index contributed by atoms with van der Waals surface area (Å²) in [5, 5.41) is 0. The normalized spacial score (nSPS) is 20.4. The van der Waals surface area contributed by atoms with E-state index in [9.17, 15) is 18.0 Å². The van der Waals surface area contributed by atoms with E-state index in [0.717, 1.165) is 25.7 Å². The lowest BCUT2D eigenvalue weighted by molar-refractivity contribution is -0.152. The van der Waals surface area contributed by atoms with Crippen molar-refractivity contribution in [2.24, 2.45) is 5.92 Å². The highest BCUT2D eigenvalue weighted by molar-refractivity contribution is 7.89. The number of esters is 1. The minimum Gasteiger partial charge on any atom is -0.486 e. The highest BCUT2D eigenvalue weighted by Crippen LogP contribution is 2.32. The molecule has 3 rings (SSSR count). The number of benzene rings is 1. The van der Waals surface area contributed by atoms with Crippen LogP contribution in [0.1, 0.15) is 45.4 Å². The first-order valence-corrected chi connectivity index (χ1v) is 12.5. The van der Waals surface area contributed by atoms with Crippen LogP contribution in [0.2, 0.25) is 0 Å². The summed E-state index contributed by atoms with van der Waals surface area (Å²) in [5.74, 6) is 0.857. The van der Waals surface area contributed by atoms with Gasteiger partial charge in [0.15, 0.2) is 18.1 Å². The number of nitrogens with zero attached hydrogens (tertiary/aromatic N) is 1. The first-order valence-electron chi connectivity index (χ1n) is 11.1. The highest BCUT2D eigenvalue weighted by Gasteiger charge is 2.25. The number of hydrogen-bond acceptors (Lipinski definition) is 7. The first kappa shape index (κ1) is 24.3. The smallest absolute Gasteiger partial charge is 0.306 e. The lowest BCUT2D eigenvalue weighted by Crippen LogP contribution is -2.41. The van der Waals surface area contributed by atoms with Gasteiger partial charge in [-0.2, -0.15) is 0 Å². The van der Waals surface area contributed by atoms with Gasteiger partial charge in [-0.05, 0) is 50.2 Å². The van der Waals surface area contributed by atoms with Crippen LogP contribution in [-0.4, -0.2) is 64.6 Å². The molecule has 0 atom stereocenters. The number of rotatable bonds is 9. The molecule has 0 unspecified atom stereocenters. The Labute approximate surface area is 189 Å². The van der Waals surface area contributed by atoms with Gasteiger partial charge in [0.25, 0.3) is 5.91 Å². The molecular weight excluding hydrogens is 436 g/mol. The maximum atomic E-state index is 12.4. The summed E-state index contributed by atoms with van der Waals surface area (Å²) in [6.45, 7) is 2.79. The Hall–Kier alpha value is -2.33. The van der Waals surface area contributed by atoms with Gasteiger partial charge in [0.2, 0.25) is 10.0 Å². The molecule has 1 aliphatic carbocycles. The van der Waals surface area contributed by atoms with E-state index in [0.29, 0.717) is 30.6 Å². The molecule has 1 saturated carbocycles. The standard InChI is InChI=1S/C22H32N2O7S/c1-16-5-7-17(8-6-16)24(2)21(25)15-31-22(26)4-3-11-23-32(27,28)18-9-10-19-20(14-18)30-13-12-29-19/h9-10,14,16-17,23H,3-8,11-13,15H2,1-2H3. The molecule has 1 fully saturated rings. The molecule has 0 aromatic heterocycles. The van der Waals surface area contributed by atoms with E-state index < -0.39 is 16.0 Å². The maximum absolute atomic E-state index is 12.4. The SMILES string of the molecule is CC1CCC(N(C)C(=O)COC(=O)CCCNS(=O)(=O)c2ccc3c(c2)OCCO3)CC1. The minimum absolute atomic E-state index is 0.0155. The molecule has 1 heterocycles. The molecule has 0 saturated heterocycles. The number of ether oxygens (including phenoxy) is 3. The molecule has 178 valence electrons. The third kappa shape index (κ3) is 6.59. The van der Waals surface area contributed by atoms with Gasteiger partial charge < -0.3 is 19.1 Å². The fourth-order valence-electron chi connectivity index (χ4n) is 3.86. The molecule has 9 nitrogen and oxygen atoms in total. The van der Waals surface area contributed by atoms with Gasteiger partial charge in [-0.3, -0.25) is 9.59 Å². The zero-order chi connectivity index (χ0) is 23.1. The Morgan fingerprint density at radius 3 is 2.53 bits per heavy atom. The summed E-state index contributed by atoms with van der Waals surface area (Å²) < 4.78 is 43.2. The molecule has 1 aliphatic heterocycles. The van der Waals surface area contributed by atoms with Crippen molar-refractivity contribution in [3.05, 3.63) is 18.2 Å². The number of carbonyl (C=O) groups excluding carboxylic acids is 2. The number of nitrogens with one attached hydrogen (secondary N) is 1. The van der Waals surface area contributed by atoms with E-state index in [1.165, 1.54) is 12.1 Å². The van der Waals surface area contributed by atoms with Gasteiger partial charge in [0.1, 0.15) is 13.2 Å². The summed E-state index contributed by atoms with van der Waals surface area (Å²) in [4.78, 5) is 26.0. The second kappa shape index (κ2) is 11.0. The second-order valence-electron chi connectivity index (χ2n) is 8.39. The van der Waals surface area contributed by atoms with E-state index in [1.807, 2.05) is 0 Å². The van der Waals surface area contributed by atoms with Crippen molar-refractivity contribution in [3.63, 3.8) is 0 Å². The van der Waals surface area contributed by atoms with Crippen molar-refractivity contribution in [3.8, 4) is 11.5 Å². The lowest BCUT2D eigenvalue weighted by atomic mass is 9.87. The van der Waals surface area contributed by atoms with Crippen molar-refractivity contribution in [2.45, 2.75) is 56.4 Å². The fraction of sp³-hybridized carbons (Fsp3) is 0.636. The summed E-state index contributed by atoms with van der Waals surface area (Å²) >= 11 is 0. The van der Waals surface area contributed by atoms with Crippen molar-refractivity contribution >= 4 is 21.9 Å². The maximum Gasteiger partial charge on any atom is 0.306 e. The monoisotopic (exact) mass is 468 g/mol. The van der Waals surface area contributed by atoms with Crippen LogP contribution < -0.4 is 14.2 Å². The zero-order valence-electron chi connectivity index (χ0n) is 18.7. The molecule has 1 aromatic rings. The van der Waals surface area contributed by atoms with E-state index in [1.54, 1.807) is 18.0 Å². The van der Waals surface area contributed by atoms with Gasteiger partial charge in [-0.1, -0.05) is 6.92 Å². The second-order valence-corrected chi connectivity index (χ2v) is 10.2. The highest BCUT2D eigenvalue weighted by atomic mass is 32.2. The molecule has 1 aromatic carbocycles. The molecular formula is C22H32N2O7S. The summed E-state index contributed by atoms with van der Waals surface area (Å²) in [5.41, 5.74) is 0. The van der Waals surface area contributed by atoms with Crippen molar-refractivity contribution < 1.29 is 32.2 Å². The van der Waals surface area contributed by atoms with Crippen molar-refractivity contribution in [1.82, 2.24) is 9.62 Å². The molecule has 1 amide bonds. The van der Waals surface area contributed by atoms with Crippen LogP contribution in [0.4, 0.5) is 0 Å². The molecule has 0 radical (unpaired) electrons. The summed E-state index contributed by atoms with van der Waals surface area (Å²) in [6, 6.07) is 4.62. The van der Waals surface area contributed by atoms with Crippen LogP contribution in [0.5, 0.6) is 11.5 Å². The quantitative estimate of drug-likeness (QED) is 0.436. The minimum atomic E-state index is -3.74. The molecule has 0 spiro atoms. The van der Waals surface area contributed by atoms with Gasteiger partial charge in [0, 0.05) is 32.1 Å². The topological polar surface area (TPSA) is 111 Å². The molecule has 10 heteroatoms. The number of sulfonamides is 1. The Balaban J connectivity index is 1.36. The zero-order valence-corrected chi connectivity index (χ0v) is 19.5. The Morgan fingerprint density at radius 2 is 1.81 bits per heavy atom. The summed E-state index contributed by atoms with van der Waals surface area (Å²) in [6.07, 6.45) is 4.42. The van der Waals surface area contributed by atoms with Gasteiger partial charge >= 0.3 is 5.97 Å². The van der Waals surface area contributed by atoms with E-state index >= 15 is 0 Å². The lowest BCUT2D eigenvalue weighted by Gasteiger charge is -2.33. The predicted molar refractivity (Wildman–Crippen MR) is 117 cm³/mol. The van der Waals surface area contributed by atoms with Crippen LogP contribution in [0, 0.1) is 5.92 Å². The van der Waals surface area contributed by atoms with E-state index in [2.05, 4.69) is 11.6 Å². The molecule has 32 heavy (non-hydrogen) atoms. The van der Waals surface area contributed by atoms with Crippen LogP contribution in [0.3, 0.4) is 0 Å². The third-order valence-electron chi connectivity index (χ3n) is 5.96. The third-order valence-corrected chi connectivity index (χ3v) is 7.42. The molecule has 2 aliphatic rings. The van der Waals surface area contributed by atoms with Crippen LogP contribution >= 0.6 is 0 Å². The van der Waals surface area contributed by atoms with Crippen LogP contribution in [0.25, 0.3) is 0 Å². The number of carbonyl (C=O) groups is 2. The van der Waals surface area contributed by atoms with Gasteiger partial charge in [-0.15, -0.1) is 0 Å². The van der Waals surface area contributed by atoms with Gasteiger partial charge in [0.05, 0.1) is 4.90 Å². The van der Waals surface area contributed by atoms with Gasteiger partial charge in [-0.25, -0.2) is 13.1 Å². The Bertz CT molecular complexity index is 911. The van der Waals surface area contributed by atoms with E-state index in [-0.39, 0.29) is 42.8 Å². The average molecular weight is 469 g/mol. The van der Waals surface area contributed by atoms with Crippen LogP contribution in [0.15, 0.2) is 23.1 Å². The van der Waals surface area contributed by atoms with Crippen molar-refractivity contribution in [2.75, 3.05) is 33.4 Å². The van der Waals surface area contributed by atoms with Crippen molar-refractivity contribution in [1.29, 1.82) is 0 Å². The average Bonchev–Trinajstić information content (AvgIpc) is 2.80. The largest absolute Gasteiger partial charge is 0.486 e. The van der Waals surface area contributed by atoms with E-state index in [4.69, 9.17) is 14.2 Å². The fourth-order valence-corrected chi connectivity index (χ4v) is 4.95. The molecule has 0 bridgehead atoms. The van der Waals surface area contributed by atoms with Crippen LogP contribution in [-0.2, 0) is 24.3 Å². The first-order chi connectivity index (χ1) is 15.3. The summed E-state index contributed by atoms with van der Waals surface area (Å²) in [7, 11) is -1.99. The number of likely N-dealkylation sites (N-methyl/N-ethyl adjacent to an activating group) is 1. The Morgan fingerprint density at radius 1 is 1.12 bits per heavy atom. The number of fused-ring (bicyclic) bond motifs is 1. The predicted octanol–water partition coefficient (Wildman–Crippen LogP) is 2.10. The number of hydrogen-bond donors (Lipinski definition) is 1. The number of amides is 1.